The predicted molar refractivity (Wildman–Crippen MR) is 126 cm³/mol. The number of aliphatic hydroxyl groups is 1. The highest BCUT2D eigenvalue weighted by Gasteiger charge is 2.47. The molecule has 1 aliphatic heterocycles. The molecule has 34 heavy (non-hydrogen) atoms. The normalized spacial score (nSPS) is 17.1. The highest BCUT2D eigenvalue weighted by atomic mass is 19.1. The van der Waals surface area contributed by atoms with Gasteiger partial charge in [0.25, 0.3) is 11.7 Å². The Morgan fingerprint density at radius 1 is 1.00 bits per heavy atom. The van der Waals surface area contributed by atoms with Gasteiger partial charge in [0, 0.05) is 11.3 Å². The Hall–Kier alpha value is -4.13. The average Bonchev–Trinajstić information content (AvgIpc) is 3.12. The van der Waals surface area contributed by atoms with Crippen LogP contribution in [-0.4, -0.2) is 30.5 Å². The number of nitrogens with zero attached hydrogens (tertiary/aromatic N) is 1. The van der Waals surface area contributed by atoms with Gasteiger partial charge in [-0.2, -0.15) is 0 Å². The van der Waals surface area contributed by atoms with Gasteiger partial charge < -0.3 is 14.6 Å². The standard InChI is InChI=1S/C27H24FNO5/c1-3-13-34-22-12-5-8-18(15-22)25(30)23-24(17-7-4-11-21(14-17)33-2)29(27(32)26(23)31)20-10-6-9-19(28)16-20/h4-12,14-16,24,30H,3,13H2,1-2H3/b25-23+. The molecule has 1 N–H and O–H groups in total. The van der Waals surface area contributed by atoms with Gasteiger partial charge >= 0.3 is 0 Å². The van der Waals surface area contributed by atoms with Crippen LogP contribution in [0.1, 0.15) is 30.5 Å². The molecule has 1 fully saturated rings. The van der Waals surface area contributed by atoms with Crippen LogP contribution in [0.2, 0.25) is 0 Å². The minimum atomic E-state index is -0.989. The molecule has 1 amide bonds. The molecule has 1 aliphatic rings. The van der Waals surface area contributed by atoms with Crippen LogP contribution in [-0.2, 0) is 9.59 Å². The summed E-state index contributed by atoms with van der Waals surface area (Å²) in [5.41, 5.74) is 0.964. The highest BCUT2D eigenvalue weighted by Crippen LogP contribution is 2.43. The molecule has 1 unspecified atom stereocenters. The lowest BCUT2D eigenvalue weighted by atomic mass is 9.95. The van der Waals surface area contributed by atoms with Crippen molar-refractivity contribution in [3.8, 4) is 11.5 Å². The Morgan fingerprint density at radius 3 is 2.47 bits per heavy atom. The third-order valence-electron chi connectivity index (χ3n) is 5.52. The first-order valence-electron chi connectivity index (χ1n) is 10.9. The number of benzene rings is 3. The van der Waals surface area contributed by atoms with E-state index in [1.165, 1.54) is 30.2 Å². The molecule has 0 radical (unpaired) electrons. The van der Waals surface area contributed by atoms with E-state index in [9.17, 15) is 19.1 Å². The summed E-state index contributed by atoms with van der Waals surface area (Å²) in [5, 5.41) is 11.3. The largest absolute Gasteiger partial charge is 0.507 e. The van der Waals surface area contributed by atoms with Crippen molar-refractivity contribution >= 4 is 23.1 Å². The summed E-state index contributed by atoms with van der Waals surface area (Å²) in [6.07, 6.45) is 0.810. The highest BCUT2D eigenvalue weighted by molar-refractivity contribution is 6.51. The lowest BCUT2D eigenvalue weighted by molar-refractivity contribution is -0.132. The summed E-state index contributed by atoms with van der Waals surface area (Å²) in [7, 11) is 1.50. The number of anilines is 1. The third kappa shape index (κ3) is 4.37. The first-order valence-corrected chi connectivity index (χ1v) is 10.9. The lowest BCUT2D eigenvalue weighted by Gasteiger charge is -2.25. The van der Waals surface area contributed by atoms with E-state index in [2.05, 4.69) is 0 Å². The number of rotatable bonds is 7. The number of amides is 1. The van der Waals surface area contributed by atoms with Crippen LogP contribution in [0.4, 0.5) is 10.1 Å². The van der Waals surface area contributed by atoms with Gasteiger partial charge in [-0.1, -0.05) is 37.3 Å². The van der Waals surface area contributed by atoms with Crippen LogP contribution in [0.15, 0.2) is 78.4 Å². The van der Waals surface area contributed by atoms with E-state index in [0.717, 1.165) is 6.42 Å². The summed E-state index contributed by atoms with van der Waals surface area (Å²) in [4.78, 5) is 27.6. The molecular formula is C27H24FNO5. The lowest BCUT2D eigenvalue weighted by Crippen LogP contribution is -2.29. The van der Waals surface area contributed by atoms with Crippen molar-refractivity contribution in [1.29, 1.82) is 0 Å². The minimum Gasteiger partial charge on any atom is -0.507 e. The molecular weight excluding hydrogens is 437 g/mol. The molecule has 0 saturated carbocycles. The van der Waals surface area contributed by atoms with Crippen LogP contribution in [0.25, 0.3) is 5.76 Å². The fourth-order valence-corrected chi connectivity index (χ4v) is 3.96. The second kappa shape index (κ2) is 9.79. The Kier molecular flexibility index (Phi) is 6.63. The molecule has 1 saturated heterocycles. The topological polar surface area (TPSA) is 76.1 Å². The Morgan fingerprint density at radius 2 is 1.74 bits per heavy atom. The second-order valence-corrected chi connectivity index (χ2v) is 7.80. The van der Waals surface area contributed by atoms with E-state index in [1.54, 1.807) is 54.6 Å². The molecule has 174 valence electrons. The maximum absolute atomic E-state index is 14.0. The number of methoxy groups -OCH3 is 1. The van der Waals surface area contributed by atoms with Gasteiger partial charge in [-0.15, -0.1) is 0 Å². The van der Waals surface area contributed by atoms with E-state index in [4.69, 9.17) is 9.47 Å². The third-order valence-corrected chi connectivity index (χ3v) is 5.52. The number of ether oxygens (including phenoxy) is 2. The number of carbonyl (C=O) groups excluding carboxylic acids is 2. The first kappa shape index (κ1) is 23.0. The van der Waals surface area contributed by atoms with E-state index in [0.29, 0.717) is 29.2 Å². The molecule has 3 aromatic carbocycles. The monoisotopic (exact) mass is 461 g/mol. The molecule has 0 aliphatic carbocycles. The van der Waals surface area contributed by atoms with Crippen molar-refractivity contribution in [3.63, 3.8) is 0 Å². The molecule has 4 rings (SSSR count). The molecule has 0 bridgehead atoms. The van der Waals surface area contributed by atoms with Crippen molar-refractivity contribution in [2.24, 2.45) is 0 Å². The fraction of sp³-hybridized carbons (Fsp3) is 0.185. The van der Waals surface area contributed by atoms with Crippen LogP contribution >= 0.6 is 0 Å². The van der Waals surface area contributed by atoms with Crippen molar-refractivity contribution in [3.05, 3.63) is 95.3 Å². The van der Waals surface area contributed by atoms with Crippen LogP contribution in [0.3, 0.4) is 0 Å². The number of halogens is 1. The van der Waals surface area contributed by atoms with Crippen LogP contribution < -0.4 is 14.4 Å². The van der Waals surface area contributed by atoms with Crippen molar-refractivity contribution in [2.75, 3.05) is 18.6 Å². The molecule has 7 heteroatoms. The van der Waals surface area contributed by atoms with Gasteiger partial charge in [0.2, 0.25) is 0 Å². The first-order chi connectivity index (χ1) is 16.4. The van der Waals surface area contributed by atoms with E-state index in [1.807, 2.05) is 6.92 Å². The van der Waals surface area contributed by atoms with Crippen LogP contribution in [0.5, 0.6) is 11.5 Å². The fourth-order valence-electron chi connectivity index (χ4n) is 3.96. The number of Topliss-reactive ketones (excluding diaryl/α,β-unsaturated/α-hetero) is 1. The quantitative estimate of drug-likeness (QED) is 0.296. The molecule has 0 aromatic heterocycles. The maximum Gasteiger partial charge on any atom is 0.300 e. The average molecular weight is 461 g/mol. The number of hydrogen-bond donors (Lipinski definition) is 1. The van der Waals surface area contributed by atoms with E-state index >= 15 is 0 Å². The number of aliphatic hydroxyl groups excluding tert-OH is 1. The SMILES string of the molecule is CCCOc1cccc(/C(O)=C2\C(=O)C(=O)N(c3cccc(F)c3)C2c2cccc(OC)c2)c1. The summed E-state index contributed by atoms with van der Waals surface area (Å²) >= 11 is 0. The smallest absolute Gasteiger partial charge is 0.300 e. The van der Waals surface area contributed by atoms with Crippen molar-refractivity contribution in [2.45, 2.75) is 19.4 Å². The van der Waals surface area contributed by atoms with E-state index < -0.39 is 23.5 Å². The zero-order chi connectivity index (χ0) is 24.2. The molecule has 0 spiro atoms. The number of carbonyl (C=O) groups is 2. The van der Waals surface area contributed by atoms with Crippen molar-refractivity contribution in [1.82, 2.24) is 0 Å². The molecule has 6 nitrogen and oxygen atoms in total. The Bertz CT molecular complexity index is 1270. The Balaban J connectivity index is 1.91. The number of ketones is 1. The summed E-state index contributed by atoms with van der Waals surface area (Å²) < 4.78 is 25.0. The van der Waals surface area contributed by atoms with Gasteiger partial charge in [-0.3, -0.25) is 14.5 Å². The predicted octanol–water partition coefficient (Wildman–Crippen LogP) is 5.25. The Labute approximate surface area is 196 Å². The second-order valence-electron chi connectivity index (χ2n) is 7.80. The maximum atomic E-state index is 14.0. The van der Waals surface area contributed by atoms with Gasteiger partial charge in [0.15, 0.2) is 0 Å². The van der Waals surface area contributed by atoms with Gasteiger partial charge in [0.05, 0.1) is 25.3 Å². The minimum absolute atomic E-state index is 0.102. The molecule has 1 atom stereocenters. The van der Waals surface area contributed by atoms with Crippen LogP contribution in [0, 0.1) is 5.82 Å². The van der Waals surface area contributed by atoms with Gasteiger partial charge in [0.1, 0.15) is 23.1 Å². The van der Waals surface area contributed by atoms with Gasteiger partial charge in [-0.25, -0.2) is 4.39 Å². The van der Waals surface area contributed by atoms with E-state index in [-0.39, 0.29) is 17.0 Å². The summed E-state index contributed by atoms with van der Waals surface area (Å²) in [5.74, 6) is -1.58. The summed E-state index contributed by atoms with van der Waals surface area (Å²) in [6, 6.07) is 18.0. The zero-order valence-electron chi connectivity index (χ0n) is 18.8. The molecule has 3 aromatic rings. The number of hydrogen-bond acceptors (Lipinski definition) is 5. The van der Waals surface area contributed by atoms with Gasteiger partial charge in [-0.05, 0) is 54.4 Å². The molecule has 1 heterocycles. The zero-order valence-corrected chi connectivity index (χ0v) is 18.8. The summed E-state index contributed by atoms with van der Waals surface area (Å²) in [6.45, 7) is 2.48. The van der Waals surface area contributed by atoms with Crippen molar-refractivity contribution < 1.29 is 28.6 Å².